The molecule has 0 radical (unpaired) electrons. The van der Waals surface area contributed by atoms with E-state index in [9.17, 15) is 4.79 Å². The molecule has 0 aliphatic rings. The number of hydrogen-bond acceptors (Lipinski definition) is 2. The molecule has 0 fully saturated rings. The third-order valence-corrected chi connectivity index (χ3v) is 3.04. The van der Waals surface area contributed by atoms with E-state index in [1.165, 1.54) is 0 Å². The number of Topliss-reactive ketones (excluding diaryl/α,β-unsaturated/α-hetero) is 1. The Hall–Kier alpha value is -0.830. The maximum absolute atomic E-state index is 11.2. The molecular weight excluding hydrogens is 244 g/mol. The zero-order valence-corrected chi connectivity index (χ0v) is 10.1. The predicted molar refractivity (Wildman–Crippen MR) is 60.1 cm³/mol. The molecule has 1 rings (SSSR count). The van der Waals surface area contributed by atoms with E-state index < -0.39 is 0 Å². The molecule has 2 nitrogen and oxygen atoms in total. The van der Waals surface area contributed by atoms with E-state index >= 15 is 0 Å². The lowest BCUT2D eigenvalue weighted by atomic mass is 10.1. The second kappa shape index (κ2) is 4.60. The first-order valence-corrected chi connectivity index (χ1v) is 5.30. The van der Waals surface area contributed by atoms with Crippen LogP contribution in [0.3, 0.4) is 0 Å². The highest BCUT2D eigenvalue weighted by Crippen LogP contribution is 2.29. The molecule has 0 spiro atoms. The van der Waals surface area contributed by atoms with Crippen LogP contribution in [0.2, 0.25) is 0 Å². The Morgan fingerprint density at radius 1 is 1.50 bits per heavy atom. The third kappa shape index (κ3) is 2.15. The highest BCUT2D eigenvalue weighted by Gasteiger charge is 2.10. The minimum Gasteiger partial charge on any atom is -0.494 e. The molecule has 0 saturated heterocycles. The summed E-state index contributed by atoms with van der Waals surface area (Å²) in [5, 5.41) is 0. The molecule has 0 aliphatic heterocycles. The monoisotopic (exact) mass is 256 g/mol. The summed E-state index contributed by atoms with van der Waals surface area (Å²) in [7, 11) is 0. The van der Waals surface area contributed by atoms with Crippen molar-refractivity contribution in [1.82, 2.24) is 0 Å². The van der Waals surface area contributed by atoms with Gasteiger partial charge in [0.05, 0.1) is 6.61 Å². The van der Waals surface area contributed by atoms with Crippen molar-refractivity contribution in [1.29, 1.82) is 0 Å². The van der Waals surface area contributed by atoms with Crippen LogP contribution in [-0.4, -0.2) is 12.4 Å². The van der Waals surface area contributed by atoms with Gasteiger partial charge in [0.15, 0.2) is 5.78 Å². The summed E-state index contributed by atoms with van der Waals surface area (Å²) in [5.41, 5.74) is 1.67. The highest BCUT2D eigenvalue weighted by atomic mass is 79.9. The molecule has 3 heteroatoms. The van der Waals surface area contributed by atoms with Crippen molar-refractivity contribution in [2.75, 3.05) is 6.61 Å². The smallest absolute Gasteiger partial charge is 0.160 e. The first-order valence-electron chi connectivity index (χ1n) is 4.50. The zero-order chi connectivity index (χ0) is 10.7. The topological polar surface area (TPSA) is 26.3 Å². The number of rotatable bonds is 3. The summed E-state index contributed by atoms with van der Waals surface area (Å²) >= 11 is 3.40. The van der Waals surface area contributed by atoms with Crippen LogP contribution >= 0.6 is 15.9 Å². The molecule has 0 aromatic heterocycles. The van der Waals surface area contributed by atoms with Crippen LogP contribution in [0.1, 0.15) is 29.8 Å². The van der Waals surface area contributed by atoms with Crippen molar-refractivity contribution in [3.63, 3.8) is 0 Å². The van der Waals surface area contributed by atoms with Crippen molar-refractivity contribution >= 4 is 21.7 Å². The quantitative estimate of drug-likeness (QED) is 0.776. The van der Waals surface area contributed by atoms with Gasteiger partial charge in [-0.3, -0.25) is 4.79 Å². The van der Waals surface area contributed by atoms with Gasteiger partial charge in [-0.15, -0.1) is 0 Å². The fourth-order valence-corrected chi connectivity index (χ4v) is 1.86. The van der Waals surface area contributed by atoms with Gasteiger partial charge in [0.1, 0.15) is 5.75 Å². The fraction of sp³-hybridized carbons (Fsp3) is 0.364. The molecule has 1 aromatic rings. The first kappa shape index (κ1) is 11.2. The number of halogens is 1. The molecule has 1 aromatic carbocycles. The van der Waals surface area contributed by atoms with Gasteiger partial charge in [0.25, 0.3) is 0 Å². The molecule has 0 heterocycles. The lowest BCUT2D eigenvalue weighted by Gasteiger charge is -2.10. The van der Waals surface area contributed by atoms with Crippen molar-refractivity contribution in [2.24, 2.45) is 0 Å². The van der Waals surface area contributed by atoms with Gasteiger partial charge < -0.3 is 4.74 Å². The van der Waals surface area contributed by atoms with E-state index in [-0.39, 0.29) is 5.78 Å². The number of carbonyl (C=O) groups excluding carboxylic acids is 1. The predicted octanol–water partition coefficient (Wildman–Crippen LogP) is 3.36. The second-order valence-electron chi connectivity index (χ2n) is 3.04. The summed E-state index contributed by atoms with van der Waals surface area (Å²) < 4.78 is 6.24. The number of hydrogen-bond donors (Lipinski definition) is 0. The van der Waals surface area contributed by atoms with Crippen LogP contribution in [-0.2, 0) is 0 Å². The first-order chi connectivity index (χ1) is 6.57. The molecule has 0 bridgehead atoms. The SMILES string of the molecule is CCOc1ccc(C(C)=O)c(Br)c1C. The largest absolute Gasteiger partial charge is 0.494 e. The van der Waals surface area contributed by atoms with Gasteiger partial charge in [0.2, 0.25) is 0 Å². The molecule has 0 unspecified atom stereocenters. The van der Waals surface area contributed by atoms with E-state index in [4.69, 9.17) is 4.74 Å². The van der Waals surface area contributed by atoms with Crippen molar-refractivity contribution in [3.8, 4) is 5.75 Å². The maximum atomic E-state index is 11.2. The Kier molecular flexibility index (Phi) is 3.69. The molecular formula is C11H13BrO2. The Balaban J connectivity index is 3.19. The van der Waals surface area contributed by atoms with Gasteiger partial charge in [-0.05, 0) is 48.8 Å². The average Bonchev–Trinajstić information content (AvgIpc) is 2.13. The zero-order valence-electron chi connectivity index (χ0n) is 8.56. The fourth-order valence-electron chi connectivity index (χ4n) is 1.25. The lowest BCUT2D eigenvalue weighted by Crippen LogP contribution is -1.99. The molecule has 0 atom stereocenters. The van der Waals surface area contributed by atoms with Crippen LogP contribution in [0.15, 0.2) is 16.6 Å². The van der Waals surface area contributed by atoms with Crippen molar-refractivity contribution < 1.29 is 9.53 Å². The van der Waals surface area contributed by atoms with Gasteiger partial charge in [0, 0.05) is 15.6 Å². The molecule has 14 heavy (non-hydrogen) atoms. The second-order valence-corrected chi connectivity index (χ2v) is 3.83. The van der Waals surface area contributed by atoms with E-state index in [0.717, 1.165) is 15.8 Å². The standard InChI is InChI=1S/C11H13BrO2/c1-4-14-10-6-5-9(8(3)13)11(12)7(10)2/h5-6H,4H2,1-3H3. The normalized spacial score (nSPS) is 10.0. The molecule has 0 amide bonds. The van der Waals surface area contributed by atoms with Crippen molar-refractivity contribution in [2.45, 2.75) is 20.8 Å². The van der Waals surface area contributed by atoms with E-state index in [1.54, 1.807) is 13.0 Å². The Morgan fingerprint density at radius 2 is 2.14 bits per heavy atom. The van der Waals surface area contributed by atoms with Gasteiger partial charge in [-0.25, -0.2) is 0 Å². The van der Waals surface area contributed by atoms with Crippen LogP contribution < -0.4 is 4.74 Å². The summed E-state index contributed by atoms with van der Waals surface area (Å²) in [6, 6.07) is 3.62. The maximum Gasteiger partial charge on any atom is 0.160 e. The molecule has 0 N–H and O–H groups in total. The van der Waals surface area contributed by atoms with Crippen LogP contribution in [0.5, 0.6) is 5.75 Å². The number of ketones is 1. The van der Waals surface area contributed by atoms with E-state index in [1.807, 2.05) is 19.9 Å². The van der Waals surface area contributed by atoms with Gasteiger partial charge in [-0.1, -0.05) is 0 Å². The Bertz CT molecular complexity index is 359. The summed E-state index contributed by atoms with van der Waals surface area (Å²) in [6.07, 6.45) is 0. The summed E-state index contributed by atoms with van der Waals surface area (Å²) in [5.74, 6) is 0.882. The molecule has 76 valence electrons. The Labute approximate surface area is 92.4 Å². The minimum atomic E-state index is 0.0584. The third-order valence-electron chi connectivity index (χ3n) is 2.02. The minimum absolute atomic E-state index is 0.0584. The highest BCUT2D eigenvalue weighted by molar-refractivity contribution is 9.10. The summed E-state index contributed by atoms with van der Waals surface area (Å²) in [4.78, 5) is 11.2. The van der Waals surface area contributed by atoms with E-state index in [0.29, 0.717) is 12.2 Å². The van der Waals surface area contributed by atoms with Crippen LogP contribution in [0, 0.1) is 6.92 Å². The molecule has 0 saturated carbocycles. The summed E-state index contributed by atoms with van der Waals surface area (Å²) in [6.45, 7) is 6.06. The van der Waals surface area contributed by atoms with Gasteiger partial charge >= 0.3 is 0 Å². The van der Waals surface area contributed by atoms with Gasteiger partial charge in [-0.2, -0.15) is 0 Å². The average molecular weight is 257 g/mol. The van der Waals surface area contributed by atoms with Crippen molar-refractivity contribution in [3.05, 3.63) is 27.7 Å². The van der Waals surface area contributed by atoms with Crippen LogP contribution in [0.25, 0.3) is 0 Å². The molecule has 0 aliphatic carbocycles. The number of carbonyl (C=O) groups is 1. The number of ether oxygens (including phenoxy) is 1. The number of benzene rings is 1. The van der Waals surface area contributed by atoms with E-state index in [2.05, 4.69) is 15.9 Å². The Morgan fingerprint density at radius 3 is 2.64 bits per heavy atom. The lowest BCUT2D eigenvalue weighted by molar-refractivity contribution is 0.101. The van der Waals surface area contributed by atoms with Crippen LogP contribution in [0.4, 0.5) is 0 Å².